The molecule has 2 aromatic carbocycles. The van der Waals surface area contributed by atoms with Crippen LogP contribution in [0.4, 0.5) is 5.69 Å². The average molecular weight is 392 g/mol. The number of methoxy groups -OCH3 is 3. The number of halogens is 1. The number of carbonyl (C=O) groups is 1. The number of ketones is 1. The highest BCUT2D eigenvalue weighted by molar-refractivity contribution is 9.10. The number of ether oxygens (including phenoxy) is 3. The molecule has 0 unspecified atom stereocenters. The molecular formula is C18H18BrNO4. The summed E-state index contributed by atoms with van der Waals surface area (Å²) in [5.41, 5.74) is 1.34. The van der Waals surface area contributed by atoms with Crippen molar-refractivity contribution in [1.82, 2.24) is 0 Å². The molecule has 5 nitrogen and oxygen atoms in total. The molecule has 24 heavy (non-hydrogen) atoms. The van der Waals surface area contributed by atoms with Crippen molar-refractivity contribution in [2.24, 2.45) is 0 Å². The van der Waals surface area contributed by atoms with Gasteiger partial charge in [-0.15, -0.1) is 0 Å². The molecule has 0 aliphatic heterocycles. The summed E-state index contributed by atoms with van der Waals surface area (Å²) < 4.78 is 16.2. The number of anilines is 1. The third kappa shape index (κ3) is 4.29. The van der Waals surface area contributed by atoms with Crippen LogP contribution in [0, 0.1) is 0 Å². The Morgan fingerprint density at radius 2 is 1.62 bits per heavy atom. The third-order valence-electron chi connectivity index (χ3n) is 3.31. The molecule has 0 radical (unpaired) electrons. The predicted octanol–water partition coefficient (Wildman–Crippen LogP) is 4.28. The molecule has 126 valence electrons. The van der Waals surface area contributed by atoms with Crippen LogP contribution >= 0.6 is 15.9 Å². The second-order valence-corrected chi connectivity index (χ2v) is 5.61. The first-order valence-corrected chi connectivity index (χ1v) is 7.91. The fraction of sp³-hybridized carbons (Fsp3) is 0.167. The van der Waals surface area contributed by atoms with E-state index in [4.69, 9.17) is 14.2 Å². The van der Waals surface area contributed by atoms with E-state index in [2.05, 4.69) is 21.2 Å². The van der Waals surface area contributed by atoms with Crippen molar-refractivity contribution in [2.45, 2.75) is 0 Å². The molecule has 2 rings (SSSR count). The van der Waals surface area contributed by atoms with Crippen molar-refractivity contribution < 1.29 is 19.0 Å². The first-order chi connectivity index (χ1) is 11.6. The molecule has 0 spiro atoms. The Labute approximate surface area is 149 Å². The molecule has 0 saturated heterocycles. The van der Waals surface area contributed by atoms with E-state index in [-0.39, 0.29) is 5.78 Å². The number of carbonyl (C=O) groups excluding carboxylic acids is 1. The summed E-state index contributed by atoms with van der Waals surface area (Å²) in [7, 11) is 4.69. The topological polar surface area (TPSA) is 56.8 Å². The predicted molar refractivity (Wildman–Crippen MR) is 97.3 cm³/mol. The number of nitrogens with one attached hydrogen (secondary N) is 1. The van der Waals surface area contributed by atoms with Gasteiger partial charge in [0.2, 0.25) is 0 Å². The zero-order valence-electron chi connectivity index (χ0n) is 13.6. The van der Waals surface area contributed by atoms with Crippen LogP contribution in [0.1, 0.15) is 10.4 Å². The molecule has 0 heterocycles. The standard InChI is InChI=1S/C18H18BrNO4/c1-22-13-6-4-12(5-7-13)20-9-8-16(21)14-10-17(23-2)18(24-3)11-15(14)19/h4-11,20H,1-3H3/b9-8+. The van der Waals surface area contributed by atoms with Gasteiger partial charge >= 0.3 is 0 Å². The van der Waals surface area contributed by atoms with Crippen LogP contribution in [0.15, 0.2) is 53.1 Å². The smallest absolute Gasteiger partial charge is 0.188 e. The minimum Gasteiger partial charge on any atom is -0.497 e. The van der Waals surface area contributed by atoms with Gasteiger partial charge in [-0.25, -0.2) is 0 Å². The maximum absolute atomic E-state index is 12.4. The van der Waals surface area contributed by atoms with Crippen LogP contribution in [-0.2, 0) is 0 Å². The van der Waals surface area contributed by atoms with E-state index in [0.717, 1.165) is 11.4 Å². The number of rotatable bonds is 7. The van der Waals surface area contributed by atoms with Crippen LogP contribution < -0.4 is 19.5 Å². The molecule has 0 aliphatic rings. The van der Waals surface area contributed by atoms with Gasteiger partial charge < -0.3 is 19.5 Å². The van der Waals surface area contributed by atoms with Gasteiger partial charge in [0.15, 0.2) is 17.3 Å². The Morgan fingerprint density at radius 3 is 2.21 bits per heavy atom. The highest BCUT2D eigenvalue weighted by Crippen LogP contribution is 2.33. The van der Waals surface area contributed by atoms with Crippen molar-refractivity contribution in [3.05, 3.63) is 58.7 Å². The maximum Gasteiger partial charge on any atom is 0.188 e. The summed E-state index contributed by atoms with van der Waals surface area (Å²) >= 11 is 3.38. The lowest BCUT2D eigenvalue weighted by atomic mass is 10.1. The normalized spacial score (nSPS) is 10.5. The Hall–Kier alpha value is -2.47. The van der Waals surface area contributed by atoms with E-state index < -0.39 is 0 Å². The third-order valence-corrected chi connectivity index (χ3v) is 3.97. The first-order valence-electron chi connectivity index (χ1n) is 7.12. The molecule has 1 N–H and O–H groups in total. The second kappa shape index (κ2) is 8.40. The van der Waals surface area contributed by atoms with Crippen molar-refractivity contribution in [1.29, 1.82) is 0 Å². The lowest BCUT2D eigenvalue weighted by Gasteiger charge is -2.10. The van der Waals surface area contributed by atoms with Crippen LogP contribution in [0.3, 0.4) is 0 Å². The van der Waals surface area contributed by atoms with E-state index in [1.54, 1.807) is 32.6 Å². The zero-order chi connectivity index (χ0) is 17.5. The average Bonchev–Trinajstić information content (AvgIpc) is 2.61. The molecule has 6 heteroatoms. The van der Waals surface area contributed by atoms with Crippen molar-refractivity contribution >= 4 is 27.4 Å². The van der Waals surface area contributed by atoms with Gasteiger partial charge in [-0.05, 0) is 52.3 Å². The fourth-order valence-electron chi connectivity index (χ4n) is 2.03. The Kier molecular flexibility index (Phi) is 6.26. The van der Waals surface area contributed by atoms with Crippen LogP contribution in [0.25, 0.3) is 0 Å². The summed E-state index contributed by atoms with van der Waals surface area (Å²) in [6.45, 7) is 0. The summed E-state index contributed by atoms with van der Waals surface area (Å²) in [6, 6.07) is 10.7. The van der Waals surface area contributed by atoms with E-state index in [9.17, 15) is 4.79 Å². The van der Waals surface area contributed by atoms with E-state index in [1.807, 2.05) is 24.3 Å². The van der Waals surface area contributed by atoms with Crippen molar-refractivity contribution in [3.8, 4) is 17.2 Å². The summed E-state index contributed by atoms with van der Waals surface area (Å²) in [6.07, 6.45) is 3.05. The van der Waals surface area contributed by atoms with Gasteiger partial charge in [-0.1, -0.05) is 0 Å². The van der Waals surface area contributed by atoms with Crippen LogP contribution in [0.2, 0.25) is 0 Å². The SMILES string of the molecule is COc1ccc(N/C=C/C(=O)c2cc(OC)c(OC)cc2Br)cc1. The molecular weight excluding hydrogens is 374 g/mol. The summed E-state index contributed by atoms with van der Waals surface area (Å²) in [5, 5.41) is 3.04. The molecule has 2 aromatic rings. The number of benzene rings is 2. The van der Waals surface area contributed by atoms with Crippen LogP contribution in [-0.4, -0.2) is 27.1 Å². The van der Waals surface area contributed by atoms with E-state index in [1.165, 1.54) is 13.2 Å². The minimum absolute atomic E-state index is 0.163. The molecule has 0 aromatic heterocycles. The fourth-order valence-corrected chi connectivity index (χ4v) is 2.55. The molecule has 0 saturated carbocycles. The Morgan fingerprint density at radius 1 is 1.00 bits per heavy atom. The molecule has 0 amide bonds. The lowest BCUT2D eigenvalue weighted by Crippen LogP contribution is -2.00. The van der Waals surface area contributed by atoms with Gasteiger partial charge in [-0.3, -0.25) is 4.79 Å². The maximum atomic E-state index is 12.4. The second-order valence-electron chi connectivity index (χ2n) is 4.76. The Balaban J connectivity index is 2.11. The lowest BCUT2D eigenvalue weighted by molar-refractivity contribution is 0.104. The van der Waals surface area contributed by atoms with Gasteiger partial charge in [0.25, 0.3) is 0 Å². The monoisotopic (exact) mass is 391 g/mol. The first kappa shape index (κ1) is 17.9. The van der Waals surface area contributed by atoms with Gasteiger partial charge in [0.1, 0.15) is 5.75 Å². The van der Waals surface area contributed by atoms with Crippen LogP contribution in [0.5, 0.6) is 17.2 Å². The van der Waals surface area contributed by atoms with Crippen molar-refractivity contribution in [3.63, 3.8) is 0 Å². The van der Waals surface area contributed by atoms with Gasteiger partial charge in [-0.2, -0.15) is 0 Å². The quantitative estimate of drug-likeness (QED) is 0.563. The zero-order valence-corrected chi connectivity index (χ0v) is 15.2. The molecule has 0 atom stereocenters. The largest absolute Gasteiger partial charge is 0.497 e. The molecule has 0 aliphatic carbocycles. The molecule has 0 fully saturated rings. The van der Waals surface area contributed by atoms with E-state index >= 15 is 0 Å². The Bertz CT molecular complexity index is 741. The number of hydrogen-bond donors (Lipinski definition) is 1. The summed E-state index contributed by atoms with van der Waals surface area (Å²) in [4.78, 5) is 12.4. The number of allylic oxidation sites excluding steroid dienone is 1. The number of hydrogen-bond acceptors (Lipinski definition) is 5. The highest BCUT2D eigenvalue weighted by Gasteiger charge is 2.13. The van der Waals surface area contributed by atoms with Gasteiger partial charge in [0, 0.05) is 28.0 Å². The molecule has 0 bridgehead atoms. The van der Waals surface area contributed by atoms with E-state index in [0.29, 0.717) is 21.5 Å². The highest BCUT2D eigenvalue weighted by atomic mass is 79.9. The van der Waals surface area contributed by atoms with Crippen molar-refractivity contribution in [2.75, 3.05) is 26.6 Å². The minimum atomic E-state index is -0.163. The summed E-state index contributed by atoms with van der Waals surface area (Å²) in [5.74, 6) is 1.67. The van der Waals surface area contributed by atoms with Gasteiger partial charge in [0.05, 0.1) is 21.3 Å².